The van der Waals surface area contributed by atoms with Crippen LogP contribution in [0.5, 0.6) is 0 Å². The van der Waals surface area contributed by atoms with Crippen LogP contribution in [-0.2, 0) is 4.79 Å². The molecule has 11 heavy (non-hydrogen) atoms. The minimum atomic E-state index is -0.677. The zero-order chi connectivity index (χ0) is 7.98. The van der Waals surface area contributed by atoms with Crippen molar-refractivity contribution in [1.29, 1.82) is 0 Å². The number of carboxylic acid groups (broad SMARTS) is 1. The molecule has 0 amide bonds. The van der Waals surface area contributed by atoms with Crippen LogP contribution in [0.4, 0.5) is 0 Å². The van der Waals surface area contributed by atoms with E-state index >= 15 is 0 Å². The van der Waals surface area contributed by atoms with Crippen LogP contribution in [0.1, 0.15) is 39.5 Å². The van der Waals surface area contributed by atoms with Crippen LogP contribution in [-0.4, -0.2) is 11.1 Å². The number of carbonyl (C=O) groups is 1. The van der Waals surface area contributed by atoms with Gasteiger partial charge in [0, 0.05) is 45.0 Å². The van der Waals surface area contributed by atoms with Gasteiger partial charge in [0.1, 0.15) is 0 Å². The number of aliphatic carboxylic acids is 1. The Bertz CT molecular complexity index is 102. The molecule has 2 nitrogen and oxygen atoms in total. The first-order valence-corrected chi connectivity index (χ1v) is 3.84. The maximum absolute atomic E-state index is 10.0. The number of hydrogen-bond acceptors (Lipinski definition) is 1. The van der Waals surface area contributed by atoms with E-state index in [2.05, 4.69) is 13.8 Å². The van der Waals surface area contributed by atoms with Gasteiger partial charge in [-0.15, -0.1) is 0 Å². The first-order valence-electron chi connectivity index (χ1n) is 3.84. The van der Waals surface area contributed by atoms with Gasteiger partial charge in [-0.1, -0.05) is 26.7 Å². The fourth-order valence-corrected chi connectivity index (χ4v) is 0.829. The molecule has 0 aliphatic rings. The predicted molar refractivity (Wildman–Crippen MR) is 40.9 cm³/mol. The van der Waals surface area contributed by atoms with Crippen molar-refractivity contribution in [3.8, 4) is 0 Å². The maximum Gasteiger partial charge on any atom is 0.303 e. The molecule has 0 saturated carbocycles. The summed E-state index contributed by atoms with van der Waals surface area (Å²) in [5.74, 6) is 0.0255. The third-order valence-electron chi connectivity index (χ3n) is 1.42. The summed E-state index contributed by atoms with van der Waals surface area (Å²) < 4.78 is 0. The monoisotopic (exact) mass is 303 g/mol. The van der Waals surface area contributed by atoms with Gasteiger partial charge in [0.25, 0.3) is 0 Å². The molecule has 0 rings (SSSR count). The molecular formula is C8H16O2Tb. The molecule has 0 unspecified atom stereocenters. The molecule has 0 spiro atoms. The van der Waals surface area contributed by atoms with Gasteiger partial charge in [0.05, 0.1) is 0 Å². The SMILES string of the molecule is CC(C)CCCCC(=O)O.[Tb]. The molecule has 0 aliphatic heterocycles. The summed E-state index contributed by atoms with van der Waals surface area (Å²) in [6.07, 6.45) is 3.34. The average Bonchev–Trinajstić information content (AvgIpc) is 1.79. The molecular weight excluding hydrogens is 287 g/mol. The van der Waals surface area contributed by atoms with Gasteiger partial charge in [-0.05, 0) is 12.3 Å². The van der Waals surface area contributed by atoms with E-state index in [1.54, 1.807) is 0 Å². The van der Waals surface area contributed by atoms with Crippen LogP contribution < -0.4 is 0 Å². The first-order chi connectivity index (χ1) is 4.63. The van der Waals surface area contributed by atoms with Gasteiger partial charge in [0.15, 0.2) is 0 Å². The van der Waals surface area contributed by atoms with E-state index < -0.39 is 5.97 Å². The number of carboxylic acids is 1. The summed E-state index contributed by atoms with van der Waals surface area (Å²) in [7, 11) is 0. The Morgan fingerprint density at radius 3 is 2.27 bits per heavy atom. The van der Waals surface area contributed by atoms with Gasteiger partial charge in [-0.3, -0.25) is 4.79 Å². The standard InChI is InChI=1S/C8H16O2.Tb/c1-7(2)5-3-4-6-8(9)10;/h7H,3-6H2,1-2H3,(H,9,10);. The van der Waals surface area contributed by atoms with E-state index in [0.29, 0.717) is 12.3 Å². The van der Waals surface area contributed by atoms with Crippen molar-refractivity contribution < 1.29 is 48.5 Å². The normalized spacial score (nSPS) is 9.36. The van der Waals surface area contributed by atoms with Crippen LogP contribution >= 0.6 is 0 Å². The topological polar surface area (TPSA) is 37.3 Å². The molecule has 0 fully saturated rings. The van der Waals surface area contributed by atoms with Crippen molar-refractivity contribution in [1.82, 2.24) is 0 Å². The summed E-state index contributed by atoms with van der Waals surface area (Å²) in [6.45, 7) is 4.31. The molecule has 3 heteroatoms. The van der Waals surface area contributed by atoms with Crippen LogP contribution in [0.15, 0.2) is 0 Å². The minimum Gasteiger partial charge on any atom is -0.481 e. The third kappa shape index (κ3) is 13.7. The zero-order valence-corrected chi connectivity index (χ0v) is 9.23. The Kier molecular flexibility index (Phi) is 11.5. The summed E-state index contributed by atoms with van der Waals surface area (Å²) in [5, 5.41) is 8.28. The van der Waals surface area contributed by atoms with Crippen molar-refractivity contribution >= 4 is 5.97 Å². The van der Waals surface area contributed by atoms with Gasteiger partial charge >= 0.3 is 5.97 Å². The molecule has 1 N–H and O–H groups in total. The molecule has 0 heterocycles. The first kappa shape index (κ1) is 14.3. The summed E-state index contributed by atoms with van der Waals surface area (Å²) in [4.78, 5) is 10.0. The quantitative estimate of drug-likeness (QED) is 0.791. The Hall–Kier alpha value is 0.756. The van der Waals surface area contributed by atoms with Crippen LogP contribution in [0.3, 0.4) is 0 Å². The van der Waals surface area contributed by atoms with E-state index in [1.165, 1.54) is 0 Å². The summed E-state index contributed by atoms with van der Waals surface area (Å²) in [6, 6.07) is 0. The fraction of sp³-hybridized carbons (Fsp3) is 0.875. The molecule has 0 atom stereocenters. The fourth-order valence-electron chi connectivity index (χ4n) is 0.829. The molecule has 0 aromatic heterocycles. The largest absolute Gasteiger partial charge is 0.481 e. The van der Waals surface area contributed by atoms with Crippen molar-refractivity contribution in [3.63, 3.8) is 0 Å². The molecule has 0 aliphatic carbocycles. The van der Waals surface area contributed by atoms with Gasteiger partial charge in [-0.2, -0.15) is 0 Å². The average molecular weight is 303 g/mol. The second kappa shape index (κ2) is 8.85. The van der Waals surface area contributed by atoms with Crippen molar-refractivity contribution in [3.05, 3.63) is 0 Å². The van der Waals surface area contributed by atoms with Crippen LogP contribution in [0.2, 0.25) is 0 Å². The minimum absolute atomic E-state index is 0. The Labute approximate surface area is 99.2 Å². The number of rotatable bonds is 5. The Morgan fingerprint density at radius 2 is 1.91 bits per heavy atom. The molecule has 69 valence electrons. The summed E-state index contributed by atoms with van der Waals surface area (Å²) in [5.41, 5.74) is 0. The second-order valence-corrected chi connectivity index (χ2v) is 3.03. The Balaban J connectivity index is 0. The van der Waals surface area contributed by atoms with E-state index in [1.807, 2.05) is 0 Å². The van der Waals surface area contributed by atoms with Gasteiger partial charge < -0.3 is 5.11 Å². The van der Waals surface area contributed by atoms with Crippen molar-refractivity contribution in [2.24, 2.45) is 5.92 Å². The van der Waals surface area contributed by atoms with Crippen LogP contribution in [0, 0.1) is 44.5 Å². The second-order valence-electron chi connectivity index (χ2n) is 3.03. The number of hydrogen-bond donors (Lipinski definition) is 1. The van der Waals surface area contributed by atoms with E-state index in [4.69, 9.17) is 5.11 Å². The smallest absolute Gasteiger partial charge is 0.303 e. The van der Waals surface area contributed by atoms with E-state index in [-0.39, 0.29) is 38.6 Å². The maximum atomic E-state index is 10.0. The number of unbranched alkanes of at least 4 members (excludes halogenated alkanes) is 1. The van der Waals surface area contributed by atoms with Crippen molar-refractivity contribution in [2.75, 3.05) is 0 Å². The van der Waals surface area contributed by atoms with Crippen LogP contribution in [0.25, 0.3) is 0 Å². The zero-order valence-electron chi connectivity index (χ0n) is 7.09. The van der Waals surface area contributed by atoms with Gasteiger partial charge in [-0.25, -0.2) is 0 Å². The Morgan fingerprint density at radius 1 is 1.36 bits per heavy atom. The summed E-state index contributed by atoms with van der Waals surface area (Å²) >= 11 is 0. The molecule has 0 aromatic carbocycles. The molecule has 1 radical (unpaired) electrons. The van der Waals surface area contributed by atoms with Gasteiger partial charge in [0.2, 0.25) is 0 Å². The molecule has 0 bridgehead atoms. The van der Waals surface area contributed by atoms with E-state index in [0.717, 1.165) is 19.3 Å². The van der Waals surface area contributed by atoms with Crippen molar-refractivity contribution in [2.45, 2.75) is 39.5 Å². The predicted octanol–water partition coefficient (Wildman–Crippen LogP) is 2.29. The molecule has 0 saturated heterocycles. The van der Waals surface area contributed by atoms with E-state index in [9.17, 15) is 4.79 Å². The molecule has 0 aromatic rings. The third-order valence-corrected chi connectivity index (χ3v) is 1.42.